The van der Waals surface area contributed by atoms with Crippen molar-refractivity contribution < 1.29 is 19.4 Å². The smallest absolute Gasteiger partial charge is 0.307 e. The number of rotatable bonds is 8. The van der Waals surface area contributed by atoms with Gasteiger partial charge in [0.15, 0.2) is 0 Å². The monoisotopic (exact) mass is 367 g/mol. The number of carboxylic acid groups (broad SMARTS) is 1. The number of aromatic nitrogens is 1. The molecule has 0 aliphatic carbocycles. The topological polar surface area (TPSA) is 71.5 Å². The standard InChI is InChI=1S/C22H25NO4/c1-4-5-6-14-7-9-19-16(11-14)17(13-21(24)25)22(23-19)18-12-15(26-2)8-10-20(18)27-3/h7-12,23H,4-6,13H2,1-3H3,(H,24,25). The first-order chi connectivity index (χ1) is 13.1. The summed E-state index contributed by atoms with van der Waals surface area (Å²) >= 11 is 0. The summed E-state index contributed by atoms with van der Waals surface area (Å²) < 4.78 is 10.9. The van der Waals surface area contributed by atoms with Crippen molar-refractivity contribution in [2.75, 3.05) is 14.2 Å². The van der Waals surface area contributed by atoms with Gasteiger partial charge in [-0.2, -0.15) is 0 Å². The van der Waals surface area contributed by atoms with Crippen molar-refractivity contribution in [3.8, 4) is 22.8 Å². The number of fused-ring (bicyclic) bond motifs is 1. The molecule has 1 heterocycles. The van der Waals surface area contributed by atoms with E-state index in [0.29, 0.717) is 11.5 Å². The van der Waals surface area contributed by atoms with E-state index in [1.54, 1.807) is 14.2 Å². The van der Waals surface area contributed by atoms with Gasteiger partial charge in [0.25, 0.3) is 0 Å². The van der Waals surface area contributed by atoms with Gasteiger partial charge in [0.2, 0.25) is 0 Å². The molecule has 27 heavy (non-hydrogen) atoms. The number of ether oxygens (including phenoxy) is 2. The normalized spacial score (nSPS) is 10.9. The highest BCUT2D eigenvalue weighted by Gasteiger charge is 2.19. The molecule has 1 aromatic heterocycles. The van der Waals surface area contributed by atoms with Gasteiger partial charge in [0.05, 0.1) is 26.3 Å². The summed E-state index contributed by atoms with van der Waals surface area (Å²) in [5.74, 6) is 0.493. The third kappa shape index (κ3) is 3.92. The van der Waals surface area contributed by atoms with Crippen LogP contribution in [0.2, 0.25) is 0 Å². The van der Waals surface area contributed by atoms with Crippen molar-refractivity contribution in [2.24, 2.45) is 0 Å². The average molecular weight is 367 g/mol. The van der Waals surface area contributed by atoms with E-state index in [4.69, 9.17) is 9.47 Å². The fourth-order valence-electron chi connectivity index (χ4n) is 3.41. The minimum Gasteiger partial charge on any atom is -0.497 e. The predicted octanol–water partition coefficient (Wildman–Crippen LogP) is 4.82. The Hall–Kier alpha value is -2.95. The zero-order valence-electron chi connectivity index (χ0n) is 16.0. The minimum atomic E-state index is -0.863. The van der Waals surface area contributed by atoms with Crippen LogP contribution in [-0.2, 0) is 17.6 Å². The molecule has 0 saturated heterocycles. The molecule has 0 aliphatic heterocycles. The Morgan fingerprint density at radius 1 is 1.11 bits per heavy atom. The number of hydrogen-bond acceptors (Lipinski definition) is 3. The number of aryl methyl sites for hydroxylation is 1. The molecule has 0 aliphatic rings. The Labute approximate surface area is 158 Å². The van der Waals surface area contributed by atoms with Crippen molar-refractivity contribution in [2.45, 2.75) is 32.6 Å². The van der Waals surface area contributed by atoms with E-state index >= 15 is 0 Å². The average Bonchev–Trinajstić information content (AvgIpc) is 3.02. The molecule has 2 aromatic carbocycles. The van der Waals surface area contributed by atoms with Crippen molar-refractivity contribution in [3.05, 3.63) is 47.5 Å². The first-order valence-electron chi connectivity index (χ1n) is 9.15. The third-order valence-electron chi connectivity index (χ3n) is 4.79. The molecule has 3 rings (SSSR count). The van der Waals surface area contributed by atoms with Gasteiger partial charge in [0, 0.05) is 16.5 Å². The van der Waals surface area contributed by atoms with Crippen LogP contribution in [-0.4, -0.2) is 30.3 Å². The molecule has 0 unspecified atom stereocenters. The van der Waals surface area contributed by atoms with E-state index in [2.05, 4.69) is 24.0 Å². The number of nitrogens with one attached hydrogen (secondary N) is 1. The lowest BCUT2D eigenvalue weighted by molar-refractivity contribution is -0.136. The Morgan fingerprint density at radius 3 is 2.59 bits per heavy atom. The molecule has 0 bridgehead atoms. The number of aromatic amines is 1. The van der Waals surface area contributed by atoms with Gasteiger partial charge < -0.3 is 19.6 Å². The largest absolute Gasteiger partial charge is 0.497 e. The number of methoxy groups -OCH3 is 2. The van der Waals surface area contributed by atoms with E-state index in [1.807, 2.05) is 24.3 Å². The number of benzene rings is 2. The van der Waals surface area contributed by atoms with Crippen LogP contribution in [0.25, 0.3) is 22.2 Å². The second-order valence-corrected chi connectivity index (χ2v) is 6.60. The van der Waals surface area contributed by atoms with Crippen LogP contribution in [0.15, 0.2) is 36.4 Å². The maximum atomic E-state index is 11.6. The third-order valence-corrected chi connectivity index (χ3v) is 4.79. The lowest BCUT2D eigenvalue weighted by atomic mass is 9.99. The maximum Gasteiger partial charge on any atom is 0.307 e. The molecular formula is C22H25NO4. The van der Waals surface area contributed by atoms with Crippen LogP contribution < -0.4 is 9.47 Å². The highest BCUT2D eigenvalue weighted by Crippen LogP contribution is 2.38. The second kappa shape index (κ2) is 8.16. The van der Waals surface area contributed by atoms with Crippen LogP contribution in [0.1, 0.15) is 30.9 Å². The molecule has 0 radical (unpaired) electrons. The summed E-state index contributed by atoms with van der Waals surface area (Å²) in [7, 11) is 3.21. The Kier molecular flexibility index (Phi) is 5.69. The van der Waals surface area contributed by atoms with Crippen molar-refractivity contribution in [1.29, 1.82) is 0 Å². The van der Waals surface area contributed by atoms with Crippen LogP contribution in [0, 0.1) is 0 Å². The second-order valence-electron chi connectivity index (χ2n) is 6.60. The lowest BCUT2D eigenvalue weighted by Crippen LogP contribution is -2.01. The fraction of sp³-hybridized carbons (Fsp3) is 0.318. The van der Waals surface area contributed by atoms with E-state index in [1.165, 1.54) is 5.56 Å². The van der Waals surface area contributed by atoms with Crippen LogP contribution in [0.4, 0.5) is 0 Å². The van der Waals surface area contributed by atoms with Gasteiger partial charge in [-0.25, -0.2) is 0 Å². The number of carboxylic acids is 1. The highest BCUT2D eigenvalue weighted by molar-refractivity contribution is 5.95. The molecule has 5 nitrogen and oxygen atoms in total. The van der Waals surface area contributed by atoms with E-state index in [-0.39, 0.29) is 6.42 Å². The van der Waals surface area contributed by atoms with E-state index in [0.717, 1.165) is 47.0 Å². The number of hydrogen-bond donors (Lipinski definition) is 2. The molecule has 0 amide bonds. The van der Waals surface area contributed by atoms with E-state index in [9.17, 15) is 9.90 Å². The van der Waals surface area contributed by atoms with Gasteiger partial charge in [-0.15, -0.1) is 0 Å². The van der Waals surface area contributed by atoms with Crippen LogP contribution in [0.3, 0.4) is 0 Å². The highest BCUT2D eigenvalue weighted by atomic mass is 16.5. The van der Waals surface area contributed by atoms with Gasteiger partial charge in [-0.1, -0.05) is 19.4 Å². The molecule has 5 heteroatoms. The maximum absolute atomic E-state index is 11.6. The van der Waals surface area contributed by atoms with Crippen molar-refractivity contribution >= 4 is 16.9 Å². The number of H-pyrrole nitrogens is 1. The Morgan fingerprint density at radius 2 is 1.93 bits per heavy atom. The number of aliphatic carboxylic acids is 1. The fourth-order valence-corrected chi connectivity index (χ4v) is 3.41. The summed E-state index contributed by atoms with van der Waals surface area (Å²) in [5, 5.41) is 10.4. The molecule has 0 fully saturated rings. The summed E-state index contributed by atoms with van der Waals surface area (Å²) in [6.45, 7) is 2.16. The molecule has 3 aromatic rings. The molecule has 0 spiro atoms. The number of unbranched alkanes of at least 4 members (excludes halogenated alkanes) is 1. The quantitative estimate of drug-likeness (QED) is 0.599. The zero-order chi connectivity index (χ0) is 19.4. The van der Waals surface area contributed by atoms with Gasteiger partial charge in [-0.05, 0) is 54.3 Å². The molecule has 0 atom stereocenters. The summed E-state index contributed by atoms with van der Waals surface area (Å²) in [5.41, 5.74) is 4.46. The van der Waals surface area contributed by atoms with Crippen LogP contribution in [0.5, 0.6) is 11.5 Å². The summed E-state index contributed by atoms with van der Waals surface area (Å²) in [4.78, 5) is 15.0. The summed E-state index contributed by atoms with van der Waals surface area (Å²) in [6.07, 6.45) is 3.16. The SMILES string of the molecule is CCCCc1ccc2[nH]c(-c3cc(OC)ccc3OC)c(CC(=O)O)c2c1. The first-order valence-corrected chi connectivity index (χ1v) is 9.15. The predicted molar refractivity (Wildman–Crippen MR) is 107 cm³/mol. The van der Waals surface area contributed by atoms with Crippen LogP contribution >= 0.6 is 0 Å². The van der Waals surface area contributed by atoms with Gasteiger partial charge in [-0.3, -0.25) is 4.79 Å². The van der Waals surface area contributed by atoms with Gasteiger partial charge >= 0.3 is 5.97 Å². The Balaban J connectivity index is 2.21. The van der Waals surface area contributed by atoms with E-state index < -0.39 is 5.97 Å². The molecule has 142 valence electrons. The molecular weight excluding hydrogens is 342 g/mol. The zero-order valence-corrected chi connectivity index (χ0v) is 16.0. The summed E-state index contributed by atoms with van der Waals surface area (Å²) in [6, 6.07) is 11.8. The minimum absolute atomic E-state index is 0.0626. The lowest BCUT2D eigenvalue weighted by Gasteiger charge is -2.11. The molecule has 0 saturated carbocycles. The van der Waals surface area contributed by atoms with Crippen molar-refractivity contribution in [1.82, 2.24) is 4.98 Å². The first kappa shape index (κ1) is 18.8. The molecule has 2 N–H and O–H groups in total. The van der Waals surface area contributed by atoms with Crippen molar-refractivity contribution in [3.63, 3.8) is 0 Å². The Bertz CT molecular complexity index is 958. The number of carbonyl (C=O) groups is 1. The van der Waals surface area contributed by atoms with Gasteiger partial charge in [0.1, 0.15) is 11.5 Å².